The summed E-state index contributed by atoms with van der Waals surface area (Å²) in [6, 6.07) is 14.2. The van der Waals surface area contributed by atoms with Crippen molar-refractivity contribution in [1.82, 2.24) is 5.32 Å². The number of aliphatic imine (C=N–C) groups is 1. The van der Waals surface area contributed by atoms with Crippen molar-refractivity contribution < 1.29 is 9.53 Å². The molecule has 0 aliphatic rings. The highest BCUT2D eigenvalue weighted by Gasteiger charge is 2.13. The van der Waals surface area contributed by atoms with E-state index in [0.29, 0.717) is 18.7 Å². The molecule has 176 valence electrons. The number of nitrogens with zero attached hydrogens (tertiary/aromatic N) is 1. The third kappa shape index (κ3) is 9.17. The molecule has 1 amide bonds. The largest absolute Gasteiger partial charge is 0.379 e. The van der Waals surface area contributed by atoms with Crippen LogP contribution in [0.3, 0.4) is 0 Å². The average molecular weight is 457 g/mol. The number of amides is 1. The Hall–Kier alpha value is -2.11. The highest BCUT2D eigenvalue weighted by Crippen LogP contribution is 2.34. The Balaban J connectivity index is 0.00000249. The molecule has 0 aromatic heterocycles. The maximum Gasteiger partial charge on any atom is 0.251 e. The van der Waals surface area contributed by atoms with Crippen molar-refractivity contribution in [3.8, 4) is 0 Å². The van der Waals surface area contributed by atoms with Crippen LogP contribution in [0.1, 0.15) is 75.4 Å². The molecule has 0 fully saturated rings. The predicted octanol–water partition coefficient (Wildman–Crippen LogP) is 6.94. The first-order valence-electron chi connectivity index (χ1n) is 11.7. The summed E-state index contributed by atoms with van der Waals surface area (Å²) in [6.45, 7) is 13.6. The van der Waals surface area contributed by atoms with Crippen LogP contribution in [0.2, 0.25) is 0 Å². The first kappa shape index (κ1) is 27.9. The van der Waals surface area contributed by atoms with E-state index in [1.165, 1.54) is 16.0 Å². The number of ether oxygens (including phenoxy) is 1. The fourth-order valence-electron chi connectivity index (χ4n) is 3.11. The summed E-state index contributed by atoms with van der Waals surface area (Å²) in [4.78, 5) is 19.2. The topological polar surface area (TPSA) is 50.7 Å². The quantitative estimate of drug-likeness (QED) is 0.294. The highest BCUT2D eigenvalue weighted by molar-refractivity contribution is 7.99. The number of rotatable bonds is 11. The van der Waals surface area contributed by atoms with Gasteiger partial charge in [-0.3, -0.25) is 9.79 Å². The van der Waals surface area contributed by atoms with Crippen molar-refractivity contribution in [2.75, 3.05) is 20.2 Å². The summed E-state index contributed by atoms with van der Waals surface area (Å²) in [7, 11) is 1.87. The van der Waals surface area contributed by atoms with E-state index >= 15 is 0 Å². The smallest absolute Gasteiger partial charge is 0.251 e. The Kier molecular flexibility index (Phi) is 13.7. The molecule has 0 saturated carbocycles. The second-order valence-corrected chi connectivity index (χ2v) is 8.61. The zero-order valence-electron chi connectivity index (χ0n) is 20.8. The standard InChI is InChI=1S/C25H34N2O2S.C2H6/c1-6-9-23(26-5)22-11-7-10-19(4)24(22)30-21-14-12-20(13-15-21)25(28)27-16-8-17-29-18(2)3;1-2/h7,10-15,18H,6,8-9,16-17H2,1-5H3,(H,27,28);1-2H3. The van der Waals surface area contributed by atoms with E-state index in [1.807, 2.05) is 59.0 Å². The van der Waals surface area contributed by atoms with Gasteiger partial charge in [-0.15, -0.1) is 0 Å². The molecule has 0 aliphatic heterocycles. The number of carbonyl (C=O) groups is 1. The van der Waals surface area contributed by atoms with Gasteiger partial charge in [0.05, 0.1) is 6.10 Å². The molecule has 2 rings (SSSR count). The van der Waals surface area contributed by atoms with Crippen molar-refractivity contribution >= 4 is 23.4 Å². The van der Waals surface area contributed by atoms with E-state index in [2.05, 4.69) is 42.4 Å². The average Bonchev–Trinajstić information content (AvgIpc) is 2.80. The van der Waals surface area contributed by atoms with Crippen molar-refractivity contribution in [2.24, 2.45) is 4.99 Å². The van der Waals surface area contributed by atoms with Crippen molar-refractivity contribution in [1.29, 1.82) is 0 Å². The van der Waals surface area contributed by atoms with Crippen LogP contribution < -0.4 is 5.32 Å². The zero-order chi connectivity index (χ0) is 23.9. The molecule has 4 nitrogen and oxygen atoms in total. The molecule has 0 spiro atoms. The van der Waals surface area contributed by atoms with Gasteiger partial charge in [-0.25, -0.2) is 0 Å². The maximum atomic E-state index is 12.3. The first-order valence-corrected chi connectivity index (χ1v) is 12.5. The normalized spacial score (nSPS) is 11.2. The molecule has 0 aliphatic carbocycles. The molecule has 1 N–H and O–H groups in total. The van der Waals surface area contributed by atoms with E-state index < -0.39 is 0 Å². The van der Waals surface area contributed by atoms with Crippen molar-refractivity contribution in [3.05, 3.63) is 59.2 Å². The van der Waals surface area contributed by atoms with E-state index in [0.717, 1.165) is 29.9 Å². The number of nitrogens with one attached hydrogen (secondary N) is 1. The summed E-state index contributed by atoms with van der Waals surface area (Å²) >= 11 is 1.73. The van der Waals surface area contributed by atoms with E-state index in [9.17, 15) is 4.79 Å². The molecule has 5 heteroatoms. The lowest BCUT2D eigenvalue weighted by Gasteiger charge is -2.14. The lowest BCUT2D eigenvalue weighted by Crippen LogP contribution is -2.25. The Labute approximate surface area is 199 Å². The summed E-state index contributed by atoms with van der Waals surface area (Å²) in [5.74, 6) is -0.0453. The number of carbonyl (C=O) groups excluding carboxylic acids is 1. The summed E-state index contributed by atoms with van der Waals surface area (Å²) in [5.41, 5.74) is 4.26. The number of hydrogen-bond donors (Lipinski definition) is 1. The van der Waals surface area contributed by atoms with Gasteiger partial charge in [-0.05, 0) is 63.4 Å². The van der Waals surface area contributed by atoms with Crippen LogP contribution in [0.25, 0.3) is 0 Å². The molecule has 2 aromatic carbocycles. The molecule has 0 atom stereocenters. The van der Waals surface area contributed by atoms with Gasteiger partial charge in [-0.1, -0.05) is 57.2 Å². The Morgan fingerprint density at radius 1 is 1.12 bits per heavy atom. The minimum atomic E-state index is -0.0453. The second kappa shape index (κ2) is 15.7. The van der Waals surface area contributed by atoms with E-state index in [4.69, 9.17) is 4.74 Å². The maximum absolute atomic E-state index is 12.3. The van der Waals surface area contributed by atoms with Gasteiger partial charge >= 0.3 is 0 Å². The van der Waals surface area contributed by atoms with E-state index in [1.54, 1.807) is 11.8 Å². The van der Waals surface area contributed by atoms with Gasteiger partial charge in [-0.2, -0.15) is 0 Å². The van der Waals surface area contributed by atoms with Crippen LogP contribution in [0, 0.1) is 6.92 Å². The van der Waals surface area contributed by atoms with Gasteiger partial charge in [0.2, 0.25) is 0 Å². The minimum Gasteiger partial charge on any atom is -0.379 e. The fraction of sp³-hybridized carbons (Fsp3) is 0.481. The Morgan fingerprint density at radius 3 is 2.41 bits per heavy atom. The van der Waals surface area contributed by atoms with Gasteiger partial charge in [0, 0.05) is 46.8 Å². The van der Waals surface area contributed by atoms with Crippen LogP contribution in [-0.2, 0) is 4.74 Å². The summed E-state index contributed by atoms with van der Waals surface area (Å²) < 4.78 is 5.50. The van der Waals surface area contributed by atoms with Crippen LogP contribution in [0.4, 0.5) is 0 Å². The van der Waals surface area contributed by atoms with Crippen LogP contribution in [0.15, 0.2) is 57.2 Å². The van der Waals surface area contributed by atoms with Crippen molar-refractivity contribution in [2.45, 2.75) is 76.7 Å². The second-order valence-electron chi connectivity index (χ2n) is 7.53. The number of benzene rings is 2. The molecule has 32 heavy (non-hydrogen) atoms. The number of hydrogen-bond acceptors (Lipinski definition) is 4. The fourth-order valence-corrected chi connectivity index (χ4v) is 4.14. The summed E-state index contributed by atoms with van der Waals surface area (Å²) in [5, 5.41) is 2.96. The molecular weight excluding hydrogens is 416 g/mol. The lowest BCUT2D eigenvalue weighted by molar-refractivity contribution is 0.0757. The molecule has 0 bridgehead atoms. The van der Waals surface area contributed by atoms with Crippen LogP contribution in [-0.4, -0.2) is 37.9 Å². The van der Waals surface area contributed by atoms with Gasteiger partial charge in [0.1, 0.15) is 0 Å². The van der Waals surface area contributed by atoms with Gasteiger partial charge in [0.25, 0.3) is 5.91 Å². The minimum absolute atomic E-state index is 0.0453. The van der Waals surface area contributed by atoms with Gasteiger partial charge in [0.15, 0.2) is 0 Å². The predicted molar refractivity (Wildman–Crippen MR) is 138 cm³/mol. The molecular formula is C27H40N2O2S. The SMILES string of the molecule is CC.CCCC(=NC)c1cccc(C)c1Sc1ccc(C(=O)NCCCOC(C)C)cc1. The zero-order valence-corrected chi connectivity index (χ0v) is 21.6. The summed E-state index contributed by atoms with van der Waals surface area (Å²) in [6.07, 6.45) is 3.07. The first-order chi connectivity index (χ1) is 15.5. The molecule has 0 heterocycles. The Morgan fingerprint density at radius 2 is 1.81 bits per heavy atom. The van der Waals surface area contributed by atoms with Crippen LogP contribution in [0.5, 0.6) is 0 Å². The third-order valence-electron chi connectivity index (χ3n) is 4.67. The van der Waals surface area contributed by atoms with Gasteiger partial charge < -0.3 is 10.1 Å². The Bertz CT molecular complexity index is 845. The molecule has 2 aromatic rings. The van der Waals surface area contributed by atoms with E-state index in [-0.39, 0.29) is 12.0 Å². The monoisotopic (exact) mass is 456 g/mol. The number of aryl methyl sites for hydroxylation is 1. The molecule has 0 radical (unpaired) electrons. The lowest BCUT2D eigenvalue weighted by atomic mass is 10.0. The molecule has 0 unspecified atom stereocenters. The molecule has 0 saturated heterocycles. The van der Waals surface area contributed by atoms with Crippen molar-refractivity contribution in [3.63, 3.8) is 0 Å². The van der Waals surface area contributed by atoms with Crippen LogP contribution >= 0.6 is 11.8 Å². The highest BCUT2D eigenvalue weighted by atomic mass is 32.2. The third-order valence-corrected chi connectivity index (χ3v) is 5.93.